The molecule has 1 amide bonds. The van der Waals surface area contributed by atoms with Gasteiger partial charge in [0.1, 0.15) is 10.6 Å². The molecule has 0 saturated heterocycles. The summed E-state index contributed by atoms with van der Waals surface area (Å²) in [6.45, 7) is 3.88. The molecule has 0 unspecified atom stereocenters. The molecule has 1 heterocycles. The van der Waals surface area contributed by atoms with E-state index in [0.29, 0.717) is 21.3 Å². The fourth-order valence-electron chi connectivity index (χ4n) is 2.16. The zero-order chi connectivity index (χ0) is 16.4. The lowest BCUT2D eigenvalue weighted by molar-refractivity contribution is 0.103. The second-order valence-corrected chi connectivity index (χ2v) is 6.34. The summed E-state index contributed by atoms with van der Waals surface area (Å²) in [5.41, 5.74) is 4.13. The SMILES string of the molecule is Cc1ccc(-c2nnsc2C(=O)Nc2cccc(Cl)c2C)cc1. The molecule has 23 heavy (non-hydrogen) atoms. The lowest BCUT2D eigenvalue weighted by Crippen LogP contribution is -2.12. The van der Waals surface area contributed by atoms with Crippen LogP contribution in [0.1, 0.15) is 20.8 Å². The smallest absolute Gasteiger partial charge is 0.269 e. The number of rotatable bonds is 3. The number of aryl methyl sites for hydroxylation is 1. The van der Waals surface area contributed by atoms with Crippen LogP contribution in [0.3, 0.4) is 0 Å². The van der Waals surface area contributed by atoms with Crippen LogP contribution in [0.25, 0.3) is 11.3 Å². The Balaban J connectivity index is 1.91. The zero-order valence-corrected chi connectivity index (χ0v) is 14.2. The third-order valence-electron chi connectivity index (χ3n) is 3.54. The molecular formula is C17H14ClN3OS. The van der Waals surface area contributed by atoms with E-state index in [1.807, 2.05) is 44.2 Å². The summed E-state index contributed by atoms with van der Waals surface area (Å²) in [4.78, 5) is 13.1. The van der Waals surface area contributed by atoms with Gasteiger partial charge in [0.05, 0.1) is 0 Å². The summed E-state index contributed by atoms with van der Waals surface area (Å²) in [5, 5.41) is 7.60. The molecule has 0 radical (unpaired) electrons. The molecule has 4 nitrogen and oxygen atoms in total. The van der Waals surface area contributed by atoms with Crippen LogP contribution in [0.15, 0.2) is 42.5 Å². The van der Waals surface area contributed by atoms with Gasteiger partial charge >= 0.3 is 0 Å². The first kappa shape index (κ1) is 15.6. The number of aromatic nitrogens is 2. The second-order valence-electron chi connectivity index (χ2n) is 5.18. The van der Waals surface area contributed by atoms with Gasteiger partial charge in [-0.25, -0.2) is 0 Å². The number of carbonyl (C=O) groups is 1. The maximum Gasteiger partial charge on any atom is 0.269 e. The molecule has 1 N–H and O–H groups in total. The normalized spacial score (nSPS) is 10.6. The predicted octanol–water partition coefficient (Wildman–Crippen LogP) is 4.73. The Morgan fingerprint density at radius 3 is 2.61 bits per heavy atom. The first-order valence-corrected chi connectivity index (χ1v) is 8.17. The van der Waals surface area contributed by atoms with E-state index >= 15 is 0 Å². The topological polar surface area (TPSA) is 54.9 Å². The number of halogens is 1. The predicted molar refractivity (Wildman–Crippen MR) is 94.2 cm³/mol. The van der Waals surface area contributed by atoms with Gasteiger partial charge in [-0.3, -0.25) is 4.79 Å². The Morgan fingerprint density at radius 2 is 1.87 bits per heavy atom. The monoisotopic (exact) mass is 343 g/mol. The van der Waals surface area contributed by atoms with Gasteiger partial charge in [0, 0.05) is 16.3 Å². The van der Waals surface area contributed by atoms with Crippen LogP contribution in [0.5, 0.6) is 0 Å². The van der Waals surface area contributed by atoms with Crippen molar-refractivity contribution in [2.45, 2.75) is 13.8 Å². The molecule has 0 fully saturated rings. The molecule has 2 aromatic carbocycles. The fraction of sp³-hybridized carbons (Fsp3) is 0.118. The summed E-state index contributed by atoms with van der Waals surface area (Å²) in [7, 11) is 0. The molecule has 0 spiro atoms. The van der Waals surface area contributed by atoms with Crippen molar-refractivity contribution in [2.75, 3.05) is 5.32 Å². The maximum absolute atomic E-state index is 12.6. The number of nitrogens with zero attached hydrogens (tertiary/aromatic N) is 2. The van der Waals surface area contributed by atoms with Gasteiger partial charge in [-0.2, -0.15) is 0 Å². The number of benzene rings is 2. The van der Waals surface area contributed by atoms with Gasteiger partial charge in [0.15, 0.2) is 0 Å². The highest BCUT2D eigenvalue weighted by Crippen LogP contribution is 2.27. The third kappa shape index (κ3) is 3.25. The minimum atomic E-state index is -0.235. The summed E-state index contributed by atoms with van der Waals surface area (Å²) < 4.78 is 3.93. The lowest BCUT2D eigenvalue weighted by atomic mass is 10.1. The summed E-state index contributed by atoms with van der Waals surface area (Å²) in [6.07, 6.45) is 0. The number of hydrogen-bond donors (Lipinski definition) is 1. The van der Waals surface area contributed by atoms with Gasteiger partial charge in [0.2, 0.25) is 0 Å². The van der Waals surface area contributed by atoms with Crippen molar-refractivity contribution < 1.29 is 4.79 Å². The number of carbonyl (C=O) groups excluding carboxylic acids is 1. The van der Waals surface area contributed by atoms with Crippen LogP contribution in [0, 0.1) is 13.8 Å². The standard InChI is InChI=1S/C17H14ClN3OS/c1-10-6-8-12(9-7-10)15-16(23-21-20-15)17(22)19-14-5-3-4-13(18)11(14)2/h3-9H,1-2H3,(H,19,22). The van der Waals surface area contributed by atoms with Crippen molar-refractivity contribution in [1.82, 2.24) is 9.59 Å². The van der Waals surface area contributed by atoms with Crippen LogP contribution >= 0.6 is 23.1 Å². The fourth-order valence-corrected chi connectivity index (χ4v) is 2.92. The van der Waals surface area contributed by atoms with Gasteiger partial charge in [-0.05, 0) is 43.1 Å². The zero-order valence-electron chi connectivity index (χ0n) is 12.6. The molecule has 0 aliphatic rings. The Hall–Kier alpha value is -2.24. The maximum atomic E-state index is 12.6. The van der Waals surface area contributed by atoms with Crippen molar-refractivity contribution in [3.63, 3.8) is 0 Å². The number of nitrogens with one attached hydrogen (secondary N) is 1. The molecule has 0 saturated carbocycles. The summed E-state index contributed by atoms with van der Waals surface area (Å²) in [5.74, 6) is -0.235. The molecule has 3 aromatic rings. The molecule has 1 aromatic heterocycles. The number of anilines is 1. The molecule has 116 valence electrons. The minimum Gasteiger partial charge on any atom is -0.321 e. The summed E-state index contributed by atoms with van der Waals surface area (Å²) in [6, 6.07) is 13.3. The van der Waals surface area contributed by atoms with E-state index in [-0.39, 0.29) is 5.91 Å². The Morgan fingerprint density at radius 1 is 1.13 bits per heavy atom. The van der Waals surface area contributed by atoms with E-state index in [4.69, 9.17) is 11.6 Å². The molecular weight excluding hydrogens is 330 g/mol. The first-order chi connectivity index (χ1) is 11.1. The molecule has 0 bridgehead atoms. The molecule has 0 aliphatic carbocycles. The van der Waals surface area contributed by atoms with Gasteiger partial charge in [0.25, 0.3) is 5.91 Å². The van der Waals surface area contributed by atoms with Crippen molar-refractivity contribution in [3.05, 3.63) is 63.5 Å². The Kier molecular flexibility index (Phi) is 4.41. The van der Waals surface area contributed by atoms with Crippen molar-refractivity contribution >= 4 is 34.7 Å². The van der Waals surface area contributed by atoms with Crippen LogP contribution in [0.4, 0.5) is 5.69 Å². The highest BCUT2D eigenvalue weighted by molar-refractivity contribution is 7.08. The van der Waals surface area contributed by atoms with Crippen molar-refractivity contribution in [1.29, 1.82) is 0 Å². The van der Waals surface area contributed by atoms with Crippen LogP contribution in [-0.4, -0.2) is 15.5 Å². The summed E-state index contributed by atoms with van der Waals surface area (Å²) >= 11 is 7.17. The van der Waals surface area contributed by atoms with E-state index in [9.17, 15) is 4.79 Å². The van der Waals surface area contributed by atoms with Crippen LogP contribution < -0.4 is 5.32 Å². The van der Waals surface area contributed by atoms with Gasteiger partial charge < -0.3 is 5.32 Å². The van der Waals surface area contributed by atoms with E-state index < -0.39 is 0 Å². The van der Waals surface area contributed by atoms with E-state index in [1.165, 1.54) is 0 Å². The van der Waals surface area contributed by atoms with Crippen molar-refractivity contribution in [3.8, 4) is 11.3 Å². The first-order valence-electron chi connectivity index (χ1n) is 7.02. The minimum absolute atomic E-state index is 0.235. The molecule has 0 aliphatic heterocycles. The number of amides is 1. The van der Waals surface area contributed by atoms with Crippen LogP contribution in [-0.2, 0) is 0 Å². The molecule has 0 atom stereocenters. The largest absolute Gasteiger partial charge is 0.321 e. The highest BCUT2D eigenvalue weighted by atomic mass is 35.5. The number of hydrogen-bond acceptors (Lipinski definition) is 4. The van der Waals surface area contributed by atoms with E-state index in [2.05, 4.69) is 14.9 Å². The second kappa shape index (κ2) is 6.48. The third-order valence-corrected chi connectivity index (χ3v) is 4.67. The van der Waals surface area contributed by atoms with Crippen LogP contribution in [0.2, 0.25) is 5.02 Å². The van der Waals surface area contributed by atoms with Gasteiger partial charge in [-0.1, -0.05) is 52.0 Å². The lowest BCUT2D eigenvalue weighted by Gasteiger charge is -2.09. The van der Waals surface area contributed by atoms with E-state index in [1.54, 1.807) is 12.1 Å². The quantitative estimate of drug-likeness (QED) is 0.748. The van der Waals surface area contributed by atoms with E-state index in [0.717, 1.165) is 28.2 Å². The van der Waals surface area contributed by atoms with Crippen molar-refractivity contribution in [2.24, 2.45) is 0 Å². The highest BCUT2D eigenvalue weighted by Gasteiger charge is 2.18. The average Bonchev–Trinajstić information content (AvgIpc) is 3.02. The average molecular weight is 344 g/mol. The Labute approximate surface area is 143 Å². The van der Waals surface area contributed by atoms with Gasteiger partial charge in [-0.15, -0.1) is 5.10 Å². The molecule has 6 heteroatoms. The Bertz CT molecular complexity index is 859. The molecule has 3 rings (SSSR count).